The maximum Gasteiger partial charge on any atom is 0.0714 e. The van der Waals surface area contributed by atoms with Gasteiger partial charge in [0, 0.05) is 17.1 Å². The molecular formula is C62H43N. The molecule has 10 aromatic carbocycles. The third kappa shape index (κ3) is 5.56. The Hall–Kier alpha value is -8.00. The minimum absolute atomic E-state index is 0.530. The van der Waals surface area contributed by atoms with Crippen molar-refractivity contribution in [1.29, 1.82) is 0 Å². The predicted octanol–water partition coefficient (Wildman–Crippen LogP) is 15.5. The summed E-state index contributed by atoms with van der Waals surface area (Å²) in [6.07, 6.45) is 0. The molecule has 296 valence electrons. The molecule has 0 radical (unpaired) electrons. The highest BCUT2D eigenvalue weighted by molar-refractivity contribution is 5.92. The molecule has 0 amide bonds. The van der Waals surface area contributed by atoms with E-state index in [9.17, 15) is 0 Å². The van der Waals surface area contributed by atoms with Crippen molar-refractivity contribution in [2.24, 2.45) is 0 Å². The first-order valence-electron chi connectivity index (χ1n) is 21.9. The second kappa shape index (κ2) is 14.9. The summed E-state index contributed by atoms with van der Waals surface area (Å²) in [4.78, 5) is 2.49. The molecule has 0 N–H and O–H groups in total. The fourth-order valence-electron chi connectivity index (χ4n) is 11.0. The van der Waals surface area contributed by atoms with Gasteiger partial charge >= 0.3 is 0 Å². The van der Waals surface area contributed by atoms with Crippen molar-refractivity contribution in [3.05, 3.63) is 305 Å². The summed E-state index contributed by atoms with van der Waals surface area (Å²) in [6, 6.07) is 96.5. The average molecular weight is 802 g/mol. The Morgan fingerprint density at radius 1 is 0.222 bits per heavy atom. The third-order valence-electron chi connectivity index (χ3n) is 13.6. The lowest BCUT2D eigenvalue weighted by atomic mass is 9.67. The molecular weight excluding hydrogens is 759 g/mol. The minimum atomic E-state index is -0.530. The van der Waals surface area contributed by atoms with Gasteiger partial charge in [0.2, 0.25) is 0 Å². The van der Waals surface area contributed by atoms with Gasteiger partial charge in [-0.2, -0.15) is 0 Å². The van der Waals surface area contributed by atoms with Crippen LogP contribution in [-0.4, -0.2) is 0 Å². The van der Waals surface area contributed by atoms with Gasteiger partial charge in [-0.15, -0.1) is 0 Å². The van der Waals surface area contributed by atoms with Crippen LogP contribution in [0, 0.1) is 0 Å². The van der Waals surface area contributed by atoms with Crippen LogP contribution in [0.15, 0.2) is 261 Å². The number of hydrogen-bond donors (Lipinski definition) is 0. The molecule has 0 aromatic heterocycles. The molecule has 0 saturated carbocycles. The van der Waals surface area contributed by atoms with Crippen LogP contribution in [0.2, 0.25) is 0 Å². The molecule has 10 aromatic rings. The second-order valence-electron chi connectivity index (χ2n) is 16.8. The quantitative estimate of drug-likeness (QED) is 0.148. The van der Waals surface area contributed by atoms with Gasteiger partial charge in [-0.1, -0.05) is 224 Å². The largest absolute Gasteiger partial charge is 0.310 e. The third-order valence-corrected chi connectivity index (χ3v) is 13.6. The van der Waals surface area contributed by atoms with Gasteiger partial charge in [0.1, 0.15) is 0 Å². The number of benzene rings is 10. The molecule has 0 unspecified atom stereocenters. The molecule has 2 aliphatic rings. The van der Waals surface area contributed by atoms with Crippen molar-refractivity contribution in [1.82, 2.24) is 0 Å². The maximum atomic E-state index is 2.49. The first-order valence-corrected chi connectivity index (χ1v) is 21.9. The molecule has 0 saturated heterocycles. The zero-order chi connectivity index (χ0) is 41.8. The number of fused-ring (bicyclic) bond motifs is 6. The molecule has 63 heavy (non-hydrogen) atoms. The molecule has 0 bridgehead atoms. The second-order valence-corrected chi connectivity index (χ2v) is 16.8. The predicted molar refractivity (Wildman–Crippen MR) is 261 cm³/mol. The topological polar surface area (TPSA) is 3.24 Å². The van der Waals surface area contributed by atoms with Crippen LogP contribution in [0.3, 0.4) is 0 Å². The monoisotopic (exact) mass is 801 g/mol. The number of anilines is 3. The highest BCUT2D eigenvalue weighted by Crippen LogP contribution is 2.59. The zero-order valence-electron chi connectivity index (χ0n) is 34.8. The summed E-state index contributed by atoms with van der Waals surface area (Å²) in [6.45, 7) is 0. The molecule has 0 atom stereocenters. The van der Waals surface area contributed by atoms with Crippen LogP contribution in [-0.2, 0) is 10.8 Å². The van der Waals surface area contributed by atoms with Gasteiger partial charge in [-0.25, -0.2) is 0 Å². The molecule has 2 aliphatic carbocycles. The van der Waals surface area contributed by atoms with Crippen molar-refractivity contribution in [2.75, 3.05) is 4.90 Å². The van der Waals surface area contributed by atoms with E-state index in [0.29, 0.717) is 0 Å². The maximum absolute atomic E-state index is 2.49. The molecule has 0 heterocycles. The van der Waals surface area contributed by atoms with E-state index in [1.807, 2.05) is 0 Å². The van der Waals surface area contributed by atoms with Crippen LogP contribution in [0.4, 0.5) is 17.1 Å². The number of nitrogens with zero attached hydrogens (tertiary/aromatic N) is 1. The van der Waals surface area contributed by atoms with E-state index in [1.54, 1.807) is 0 Å². The van der Waals surface area contributed by atoms with Crippen molar-refractivity contribution >= 4 is 17.1 Å². The van der Waals surface area contributed by atoms with Gasteiger partial charge in [0.25, 0.3) is 0 Å². The van der Waals surface area contributed by atoms with E-state index < -0.39 is 10.8 Å². The van der Waals surface area contributed by atoms with Crippen molar-refractivity contribution in [2.45, 2.75) is 10.8 Å². The summed E-state index contributed by atoms with van der Waals surface area (Å²) in [5.74, 6) is 0. The van der Waals surface area contributed by atoms with E-state index in [2.05, 4.69) is 266 Å². The Bertz CT molecular complexity index is 3000. The molecule has 12 rings (SSSR count). The minimum Gasteiger partial charge on any atom is -0.310 e. The smallest absolute Gasteiger partial charge is 0.0714 e. The summed E-state index contributed by atoms with van der Waals surface area (Å²) in [5.41, 5.74) is 19.8. The van der Waals surface area contributed by atoms with Crippen LogP contribution < -0.4 is 4.90 Å². The van der Waals surface area contributed by atoms with Crippen LogP contribution in [0.25, 0.3) is 33.4 Å². The van der Waals surface area contributed by atoms with E-state index >= 15 is 0 Å². The lowest BCUT2D eigenvalue weighted by Gasteiger charge is -2.36. The molecule has 0 aliphatic heterocycles. The number of hydrogen-bond acceptors (Lipinski definition) is 1. The van der Waals surface area contributed by atoms with Gasteiger partial charge < -0.3 is 4.90 Å². The Labute approximate surface area is 369 Å². The Morgan fingerprint density at radius 3 is 0.984 bits per heavy atom. The SMILES string of the molecule is c1ccc(-c2cccc(N(c3ccc4c(c3)C(c3ccccc3)(c3ccccc3)c3ccccc3-4)c3ccc4c(c3)C(c3ccccc3)(c3ccccc3)c3ccccc3-4)c2)cc1. The standard InChI is InChI=1S/C62H43N/c1-6-21-44(22-7-1)45-23-20-32-50(41-45)63(51-37-39-55-53-33-16-18-35-57(53)61(59(55)42-51,46-24-8-2-9-25-46)47-26-10-3-11-27-47)52-38-40-56-54-34-17-19-36-58(54)62(60(56)43-52,48-28-12-4-13-29-48)49-30-14-5-15-31-49/h1-43H. The zero-order valence-corrected chi connectivity index (χ0v) is 34.8. The van der Waals surface area contributed by atoms with Crippen LogP contribution in [0.5, 0.6) is 0 Å². The summed E-state index contributed by atoms with van der Waals surface area (Å²) >= 11 is 0. The van der Waals surface area contributed by atoms with Crippen molar-refractivity contribution in [3.8, 4) is 33.4 Å². The highest BCUT2D eigenvalue weighted by Gasteiger charge is 2.48. The van der Waals surface area contributed by atoms with Crippen molar-refractivity contribution < 1.29 is 0 Å². The van der Waals surface area contributed by atoms with Crippen LogP contribution in [0.1, 0.15) is 44.5 Å². The fraction of sp³-hybridized carbons (Fsp3) is 0.0323. The lowest BCUT2D eigenvalue weighted by molar-refractivity contribution is 0.767. The summed E-state index contributed by atoms with van der Waals surface area (Å²) in [7, 11) is 0. The van der Waals surface area contributed by atoms with E-state index in [0.717, 1.165) is 17.1 Å². The fourth-order valence-corrected chi connectivity index (χ4v) is 11.0. The molecule has 0 fully saturated rings. The van der Waals surface area contributed by atoms with Gasteiger partial charge in [0.05, 0.1) is 10.8 Å². The number of rotatable bonds is 8. The van der Waals surface area contributed by atoms with Crippen LogP contribution >= 0.6 is 0 Å². The summed E-state index contributed by atoms with van der Waals surface area (Å²) < 4.78 is 0. The van der Waals surface area contributed by atoms with Gasteiger partial charge in [-0.05, 0) is 114 Å². The first kappa shape index (κ1) is 36.8. The highest BCUT2D eigenvalue weighted by atomic mass is 15.1. The van der Waals surface area contributed by atoms with E-state index in [1.165, 1.54) is 77.9 Å². The van der Waals surface area contributed by atoms with Crippen molar-refractivity contribution in [3.63, 3.8) is 0 Å². The molecule has 1 heteroatoms. The lowest BCUT2D eigenvalue weighted by Crippen LogP contribution is -2.29. The van der Waals surface area contributed by atoms with Gasteiger partial charge in [0.15, 0.2) is 0 Å². The molecule has 1 nitrogen and oxygen atoms in total. The normalized spacial score (nSPS) is 13.7. The van der Waals surface area contributed by atoms with E-state index in [4.69, 9.17) is 0 Å². The Morgan fingerprint density at radius 2 is 0.556 bits per heavy atom. The summed E-state index contributed by atoms with van der Waals surface area (Å²) in [5, 5.41) is 0. The molecule has 0 spiro atoms. The average Bonchev–Trinajstić information content (AvgIpc) is 3.83. The van der Waals surface area contributed by atoms with E-state index in [-0.39, 0.29) is 0 Å². The first-order chi connectivity index (χ1) is 31.3. The Balaban J connectivity index is 1.15. The Kier molecular flexibility index (Phi) is 8.69. The van der Waals surface area contributed by atoms with Gasteiger partial charge in [-0.3, -0.25) is 0 Å².